The number of benzene rings is 1. The van der Waals surface area contributed by atoms with Gasteiger partial charge < -0.3 is 14.6 Å². The van der Waals surface area contributed by atoms with E-state index in [1.807, 2.05) is 16.1 Å². The summed E-state index contributed by atoms with van der Waals surface area (Å²) in [4.78, 5) is 31.2. The Bertz CT molecular complexity index is 1210. The first-order valence-corrected chi connectivity index (χ1v) is 11.6. The molecule has 0 spiro atoms. The Balaban J connectivity index is 1.76. The molecule has 2 aliphatic rings. The van der Waals surface area contributed by atoms with Crippen LogP contribution >= 0.6 is 11.3 Å². The van der Waals surface area contributed by atoms with E-state index in [9.17, 15) is 14.7 Å². The van der Waals surface area contributed by atoms with Crippen LogP contribution in [-0.2, 0) is 6.42 Å². The minimum absolute atomic E-state index is 0.0957. The average Bonchev–Trinajstić information content (AvgIpc) is 3.45. The molecule has 7 heteroatoms. The zero-order chi connectivity index (χ0) is 21.7. The van der Waals surface area contributed by atoms with Crippen molar-refractivity contribution in [1.82, 2.24) is 9.55 Å². The van der Waals surface area contributed by atoms with Gasteiger partial charge in [0, 0.05) is 59.8 Å². The van der Waals surface area contributed by atoms with E-state index < -0.39 is 11.4 Å². The summed E-state index contributed by atoms with van der Waals surface area (Å²) in [5.41, 5.74) is 4.68. The van der Waals surface area contributed by atoms with Crippen molar-refractivity contribution in [2.75, 3.05) is 18.0 Å². The molecule has 0 aliphatic carbocycles. The van der Waals surface area contributed by atoms with Crippen LogP contribution in [0.15, 0.2) is 40.8 Å². The lowest BCUT2D eigenvalue weighted by Crippen LogP contribution is -2.28. The quantitative estimate of drug-likeness (QED) is 0.643. The van der Waals surface area contributed by atoms with Crippen molar-refractivity contribution in [3.8, 4) is 21.8 Å². The zero-order valence-corrected chi connectivity index (χ0v) is 18.5. The van der Waals surface area contributed by atoms with Crippen LogP contribution in [0, 0.1) is 5.92 Å². The first-order valence-electron chi connectivity index (χ1n) is 10.8. The number of pyridine rings is 1. The van der Waals surface area contributed by atoms with Gasteiger partial charge in [-0.1, -0.05) is 13.8 Å². The maximum absolute atomic E-state index is 12.6. The standard InChI is InChI=1S/C24H25N3O3S/c1-14(2)19-9-15-10-20(26-6-3-4-7-26)17(23-25-5-8-31-23)11-16(15)21-12-22(28)18(24(29)30)13-27(19)21/h5,8,10-14,19H,3-4,6-7,9H2,1-2H3,(H,29,30). The van der Waals surface area contributed by atoms with Gasteiger partial charge in [0.2, 0.25) is 0 Å². The average molecular weight is 436 g/mol. The Morgan fingerprint density at radius 3 is 2.61 bits per heavy atom. The number of hydrogen-bond acceptors (Lipinski definition) is 5. The topological polar surface area (TPSA) is 75.4 Å². The lowest BCUT2D eigenvalue weighted by atomic mass is 9.86. The Labute approximate surface area is 184 Å². The minimum Gasteiger partial charge on any atom is -0.477 e. The number of anilines is 1. The molecule has 5 rings (SSSR count). The fraction of sp³-hybridized carbons (Fsp3) is 0.375. The summed E-state index contributed by atoms with van der Waals surface area (Å²) in [6.45, 7) is 6.37. The van der Waals surface area contributed by atoms with Crippen molar-refractivity contribution in [1.29, 1.82) is 0 Å². The second-order valence-corrected chi connectivity index (χ2v) is 9.62. The van der Waals surface area contributed by atoms with Crippen LogP contribution < -0.4 is 10.3 Å². The van der Waals surface area contributed by atoms with Crippen LogP contribution in [0.2, 0.25) is 0 Å². The van der Waals surface area contributed by atoms with Crippen LogP contribution in [-0.4, -0.2) is 33.7 Å². The highest BCUT2D eigenvalue weighted by Crippen LogP contribution is 2.44. The number of carboxylic acids is 1. The molecule has 4 heterocycles. The Hall–Kier alpha value is -2.93. The highest BCUT2D eigenvalue weighted by atomic mass is 32.1. The van der Waals surface area contributed by atoms with Gasteiger partial charge in [-0.15, -0.1) is 11.3 Å². The molecule has 3 aromatic rings. The summed E-state index contributed by atoms with van der Waals surface area (Å²) in [5.74, 6) is -0.883. The number of fused-ring (bicyclic) bond motifs is 3. The molecule has 6 nitrogen and oxygen atoms in total. The van der Waals surface area contributed by atoms with E-state index in [-0.39, 0.29) is 11.6 Å². The predicted molar refractivity (Wildman–Crippen MR) is 123 cm³/mol. The maximum Gasteiger partial charge on any atom is 0.341 e. The lowest BCUT2D eigenvalue weighted by Gasteiger charge is -2.34. The molecule has 1 atom stereocenters. The van der Waals surface area contributed by atoms with Crippen molar-refractivity contribution in [2.45, 2.75) is 39.2 Å². The summed E-state index contributed by atoms with van der Waals surface area (Å²) in [7, 11) is 0. The van der Waals surface area contributed by atoms with Gasteiger partial charge in [-0.05, 0) is 42.9 Å². The SMILES string of the molecule is CC(C)C1Cc2cc(N3CCCC3)c(-c3nccs3)cc2-c2cc(=O)c(C(=O)O)cn21. The number of carboxylic acid groups (broad SMARTS) is 1. The summed E-state index contributed by atoms with van der Waals surface area (Å²) in [6.07, 6.45) is 6.55. The Morgan fingerprint density at radius 1 is 1.19 bits per heavy atom. The molecule has 1 N–H and O–H groups in total. The second-order valence-electron chi connectivity index (χ2n) is 8.72. The number of nitrogens with zero attached hydrogens (tertiary/aromatic N) is 3. The third kappa shape index (κ3) is 3.37. The van der Waals surface area contributed by atoms with Crippen molar-refractivity contribution in [3.05, 3.63) is 57.3 Å². The largest absolute Gasteiger partial charge is 0.477 e. The van der Waals surface area contributed by atoms with E-state index in [2.05, 4.69) is 35.9 Å². The van der Waals surface area contributed by atoms with Gasteiger partial charge in [-0.3, -0.25) is 4.79 Å². The second kappa shape index (κ2) is 7.64. The van der Waals surface area contributed by atoms with Gasteiger partial charge in [0.15, 0.2) is 5.43 Å². The molecule has 1 saturated heterocycles. The highest BCUT2D eigenvalue weighted by Gasteiger charge is 2.30. The number of carbonyl (C=O) groups is 1. The number of hydrogen-bond donors (Lipinski definition) is 1. The van der Waals surface area contributed by atoms with Gasteiger partial charge in [0.25, 0.3) is 0 Å². The molecular weight excluding hydrogens is 410 g/mol. The van der Waals surface area contributed by atoms with Crippen molar-refractivity contribution < 1.29 is 9.90 Å². The third-order valence-electron chi connectivity index (χ3n) is 6.47. The fourth-order valence-corrected chi connectivity index (χ4v) is 5.53. The van der Waals surface area contributed by atoms with E-state index in [0.29, 0.717) is 5.92 Å². The molecule has 1 unspecified atom stereocenters. The number of thiazole rings is 1. The summed E-state index contributed by atoms with van der Waals surface area (Å²) >= 11 is 1.61. The smallest absolute Gasteiger partial charge is 0.341 e. The predicted octanol–water partition coefficient (Wildman–Crippen LogP) is 4.69. The number of aromatic nitrogens is 2. The summed E-state index contributed by atoms with van der Waals surface area (Å²) < 4.78 is 2.00. The molecule has 0 bridgehead atoms. The molecule has 0 radical (unpaired) electrons. The maximum atomic E-state index is 12.6. The lowest BCUT2D eigenvalue weighted by molar-refractivity contribution is 0.0694. The molecule has 0 saturated carbocycles. The Morgan fingerprint density at radius 2 is 1.97 bits per heavy atom. The molecule has 0 amide bonds. The van der Waals surface area contributed by atoms with Gasteiger partial charge >= 0.3 is 5.97 Å². The molecular formula is C24H25N3O3S. The van der Waals surface area contributed by atoms with Crippen molar-refractivity contribution in [2.24, 2.45) is 5.92 Å². The fourth-order valence-electron chi connectivity index (χ4n) is 4.87. The van der Waals surface area contributed by atoms with E-state index in [4.69, 9.17) is 0 Å². The van der Waals surface area contributed by atoms with Gasteiger partial charge in [-0.25, -0.2) is 9.78 Å². The summed E-state index contributed by atoms with van der Waals surface area (Å²) in [5, 5.41) is 12.4. The number of rotatable bonds is 4. The Kier molecular flexibility index (Phi) is 4.93. The molecule has 2 aromatic heterocycles. The summed E-state index contributed by atoms with van der Waals surface area (Å²) in [6, 6.07) is 6.03. The van der Waals surface area contributed by atoms with E-state index in [1.54, 1.807) is 11.3 Å². The van der Waals surface area contributed by atoms with Gasteiger partial charge in [-0.2, -0.15) is 0 Å². The first kappa shape index (κ1) is 20.0. The van der Waals surface area contributed by atoms with E-state index >= 15 is 0 Å². The van der Waals surface area contributed by atoms with Crippen LogP contribution in [0.1, 0.15) is 48.7 Å². The van der Waals surface area contributed by atoms with Crippen LogP contribution in [0.4, 0.5) is 5.69 Å². The van der Waals surface area contributed by atoms with Gasteiger partial charge in [0.1, 0.15) is 10.6 Å². The van der Waals surface area contributed by atoms with Crippen LogP contribution in [0.5, 0.6) is 0 Å². The monoisotopic (exact) mass is 435 g/mol. The number of aromatic carboxylic acids is 1. The molecule has 31 heavy (non-hydrogen) atoms. The van der Waals surface area contributed by atoms with Crippen molar-refractivity contribution in [3.63, 3.8) is 0 Å². The van der Waals surface area contributed by atoms with Crippen molar-refractivity contribution >= 4 is 23.0 Å². The van der Waals surface area contributed by atoms with Crippen LogP contribution in [0.3, 0.4) is 0 Å². The van der Waals surface area contributed by atoms with E-state index in [1.165, 1.54) is 36.4 Å². The minimum atomic E-state index is -1.18. The molecule has 160 valence electrons. The van der Waals surface area contributed by atoms with E-state index in [0.717, 1.165) is 41.3 Å². The normalized spacial score (nSPS) is 17.6. The zero-order valence-electron chi connectivity index (χ0n) is 17.7. The van der Waals surface area contributed by atoms with Crippen LogP contribution in [0.25, 0.3) is 21.8 Å². The molecule has 2 aliphatic heterocycles. The highest BCUT2D eigenvalue weighted by molar-refractivity contribution is 7.13. The van der Waals surface area contributed by atoms with Gasteiger partial charge in [0.05, 0.1) is 5.69 Å². The molecule has 1 aromatic carbocycles. The molecule has 1 fully saturated rings. The first-order chi connectivity index (χ1) is 14.9. The third-order valence-corrected chi connectivity index (χ3v) is 7.28.